The summed E-state index contributed by atoms with van der Waals surface area (Å²) in [6.07, 6.45) is 4.45. The van der Waals surface area contributed by atoms with Crippen molar-refractivity contribution < 1.29 is 5.11 Å². The van der Waals surface area contributed by atoms with Crippen LogP contribution < -0.4 is 0 Å². The highest BCUT2D eigenvalue weighted by Gasteiger charge is 2.42. The molecule has 3 rings (SSSR count). The van der Waals surface area contributed by atoms with E-state index in [9.17, 15) is 5.11 Å². The Kier molecular flexibility index (Phi) is 3.42. The molecule has 1 nitrogen and oxygen atoms in total. The van der Waals surface area contributed by atoms with Gasteiger partial charge in [-0.1, -0.05) is 24.3 Å². The van der Waals surface area contributed by atoms with Gasteiger partial charge in [-0.3, -0.25) is 0 Å². The summed E-state index contributed by atoms with van der Waals surface area (Å²) in [5, 5.41) is 11.1. The summed E-state index contributed by atoms with van der Waals surface area (Å²) < 4.78 is 0.331. The first-order chi connectivity index (χ1) is 8.31. The smallest absolute Gasteiger partial charge is 0.111 e. The maximum atomic E-state index is 11.1. The lowest BCUT2D eigenvalue weighted by Gasteiger charge is -2.41. The summed E-state index contributed by atoms with van der Waals surface area (Å²) in [5.74, 6) is 2.39. The maximum absolute atomic E-state index is 11.1. The summed E-state index contributed by atoms with van der Waals surface area (Å²) in [6, 6.07) is 8.46. The topological polar surface area (TPSA) is 20.2 Å². The number of aryl methyl sites for hydroxylation is 1. The van der Waals surface area contributed by atoms with E-state index in [-0.39, 0.29) is 0 Å². The molecule has 1 aromatic rings. The molecule has 1 aliphatic heterocycles. The Bertz CT molecular complexity index is 401. The van der Waals surface area contributed by atoms with Gasteiger partial charge < -0.3 is 5.11 Å². The van der Waals surface area contributed by atoms with E-state index in [2.05, 4.69) is 24.3 Å². The Hall–Kier alpha value is -0.120. The largest absolute Gasteiger partial charge is 0.383 e. The number of hydrogen-bond acceptors (Lipinski definition) is 3. The van der Waals surface area contributed by atoms with Crippen LogP contribution in [0.5, 0.6) is 0 Å². The molecule has 0 radical (unpaired) electrons. The molecule has 2 aliphatic rings. The standard InChI is InChI=1S/C14H18OS2/c15-14(13-16-9-4-10-17-13)8-3-6-11-5-1-2-7-12(11)14/h1-2,5,7,13,15H,3-4,6,8-10H2. The third-order valence-electron chi connectivity index (χ3n) is 3.70. The molecule has 1 unspecified atom stereocenters. The molecular weight excluding hydrogens is 248 g/mol. The van der Waals surface area contributed by atoms with Crippen molar-refractivity contribution in [2.45, 2.75) is 35.9 Å². The summed E-state index contributed by atoms with van der Waals surface area (Å²) in [7, 11) is 0. The van der Waals surface area contributed by atoms with Gasteiger partial charge in [0.25, 0.3) is 0 Å². The third-order valence-corrected chi connectivity index (χ3v) is 6.96. The van der Waals surface area contributed by atoms with Crippen molar-refractivity contribution in [2.75, 3.05) is 11.5 Å². The predicted octanol–water partition coefficient (Wildman–Crippen LogP) is 3.41. The Morgan fingerprint density at radius 3 is 2.71 bits per heavy atom. The third kappa shape index (κ3) is 2.13. The van der Waals surface area contributed by atoms with E-state index in [0.717, 1.165) is 19.3 Å². The highest BCUT2D eigenvalue weighted by atomic mass is 32.2. The minimum Gasteiger partial charge on any atom is -0.383 e. The van der Waals surface area contributed by atoms with Gasteiger partial charge in [0.15, 0.2) is 0 Å². The number of thioether (sulfide) groups is 2. The number of fused-ring (bicyclic) bond motifs is 1. The van der Waals surface area contributed by atoms with Crippen molar-refractivity contribution in [1.29, 1.82) is 0 Å². The normalized spacial score (nSPS) is 29.9. The quantitative estimate of drug-likeness (QED) is 0.841. The number of benzene rings is 1. The second kappa shape index (κ2) is 4.87. The van der Waals surface area contributed by atoms with E-state index < -0.39 is 5.60 Å². The van der Waals surface area contributed by atoms with Crippen LogP contribution in [0.3, 0.4) is 0 Å². The minimum atomic E-state index is -0.593. The fourth-order valence-electron chi connectivity index (χ4n) is 2.85. The van der Waals surface area contributed by atoms with Crippen LogP contribution in [0.15, 0.2) is 24.3 Å². The van der Waals surface area contributed by atoms with E-state index in [4.69, 9.17) is 0 Å². The van der Waals surface area contributed by atoms with Gasteiger partial charge in [-0.25, -0.2) is 0 Å². The molecule has 1 heterocycles. The minimum absolute atomic E-state index is 0.331. The first-order valence-corrected chi connectivity index (χ1v) is 8.44. The summed E-state index contributed by atoms with van der Waals surface area (Å²) in [6.45, 7) is 0. The zero-order valence-corrected chi connectivity index (χ0v) is 11.5. The van der Waals surface area contributed by atoms with E-state index in [0.29, 0.717) is 4.58 Å². The van der Waals surface area contributed by atoms with Gasteiger partial charge in [0.05, 0.1) is 4.58 Å². The van der Waals surface area contributed by atoms with Crippen molar-refractivity contribution in [1.82, 2.24) is 0 Å². The van der Waals surface area contributed by atoms with Crippen LogP contribution in [0.25, 0.3) is 0 Å². The Labute approximate surface area is 111 Å². The van der Waals surface area contributed by atoms with Crippen LogP contribution in [-0.2, 0) is 12.0 Å². The van der Waals surface area contributed by atoms with Gasteiger partial charge in [0, 0.05) is 0 Å². The monoisotopic (exact) mass is 266 g/mol. The summed E-state index contributed by atoms with van der Waals surface area (Å²) >= 11 is 3.89. The molecule has 0 aromatic heterocycles. The molecule has 0 saturated carbocycles. The summed E-state index contributed by atoms with van der Waals surface area (Å²) in [5.41, 5.74) is 1.95. The van der Waals surface area contributed by atoms with E-state index in [1.165, 1.54) is 29.1 Å². The molecule has 1 aliphatic carbocycles. The van der Waals surface area contributed by atoms with Crippen molar-refractivity contribution >= 4 is 23.5 Å². The molecule has 1 aromatic carbocycles. The van der Waals surface area contributed by atoms with Crippen LogP contribution in [0.1, 0.15) is 30.4 Å². The van der Waals surface area contributed by atoms with Crippen molar-refractivity contribution in [2.24, 2.45) is 0 Å². The second-order valence-electron chi connectivity index (χ2n) is 4.86. The lowest BCUT2D eigenvalue weighted by molar-refractivity contribution is 0.0358. The Balaban J connectivity index is 1.96. The zero-order chi connectivity index (χ0) is 11.7. The van der Waals surface area contributed by atoms with Crippen molar-refractivity contribution in [3.8, 4) is 0 Å². The average molecular weight is 266 g/mol. The number of aliphatic hydroxyl groups is 1. The Morgan fingerprint density at radius 1 is 1.12 bits per heavy atom. The van der Waals surface area contributed by atoms with E-state index in [1.54, 1.807) is 0 Å². The lowest BCUT2D eigenvalue weighted by Crippen LogP contribution is -2.40. The van der Waals surface area contributed by atoms with Crippen LogP contribution in [-0.4, -0.2) is 21.2 Å². The zero-order valence-electron chi connectivity index (χ0n) is 9.89. The molecule has 0 spiro atoms. The van der Waals surface area contributed by atoms with Gasteiger partial charge in [-0.15, -0.1) is 23.5 Å². The maximum Gasteiger partial charge on any atom is 0.111 e. The van der Waals surface area contributed by atoms with Gasteiger partial charge >= 0.3 is 0 Å². The SMILES string of the molecule is OC1(C2SCCCS2)CCCc2ccccc21. The first-order valence-electron chi connectivity index (χ1n) is 6.35. The predicted molar refractivity (Wildman–Crippen MR) is 76.6 cm³/mol. The molecule has 92 valence electrons. The van der Waals surface area contributed by atoms with Gasteiger partial charge in [0.2, 0.25) is 0 Å². The first kappa shape index (κ1) is 11.9. The van der Waals surface area contributed by atoms with E-state index >= 15 is 0 Å². The molecule has 1 N–H and O–H groups in total. The molecule has 1 fully saturated rings. The molecule has 0 amide bonds. The molecule has 1 atom stereocenters. The van der Waals surface area contributed by atoms with Gasteiger partial charge in [-0.2, -0.15) is 0 Å². The van der Waals surface area contributed by atoms with Crippen LogP contribution in [0, 0.1) is 0 Å². The Morgan fingerprint density at radius 2 is 1.88 bits per heavy atom. The van der Waals surface area contributed by atoms with Crippen molar-refractivity contribution in [3.05, 3.63) is 35.4 Å². The lowest BCUT2D eigenvalue weighted by atomic mass is 9.80. The molecule has 1 saturated heterocycles. The van der Waals surface area contributed by atoms with Crippen LogP contribution >= 0.6 is 23.5 Å². The average Bonchev–Trinajstić information content (AvgIpc) is 2.40. The number of hydrogen-bond donors (Lipinski definition) is 1. The second-order valence-corrected chi connectivity index (χ2v) is 7.59. The highest BCUT2D eigenvalue weighted by molar-refractivity contribution is 8.17. The highest BCUT2D eigenvalue weighted by Crippen LogP contribution is 2.48. The summed E-state index contributed by atoms with van der Waals surface area (Å²) in [4.78, 5) is 0. The number of rotatable bonds is 1. The van der Waals surface area contributed by atoms with E-state index in [1.807, 2.05) is 23.5 Å². The molecule has 3 heteroatoms. The fraction of sp³-hybridized carbons (Fsp3) is 0.571. The van der Waals surface area contributed by atoms with Gasteiger partial charge in [-0.05, 0) is 48.3 Å². The molecule has 17 heavy (non-hydrogen) atoms. The van der Waals surface area contributed by atoms with Crippen LogP contribution in [0.2, 0.25) is 0 Å². The fourth-order valence-corrected chi connectivity index (χ4v) is 6.09. The van der Waals surface area contributed by atoms with Gasteiger partial charge in [0.1, 0.15) is 5.60 Å². The van der Waals surface area contributed by atoms with Crippen LogP contribution in [0.4, 0.5) is 0 Å². The molecular formula is C14H18OS2. The molecule has 0 bridgehead atoms. The van der Waals surface area contributed by atoms with Crippen molar-refractivity contribution in [3.63, 3.8) is 0 Å².